The normalized spacial score (nSPS) is 14.6. The molecule has 0 aliphatic carbocycles. The lowest BCUT2D eigenvalue weighted by Crippen LogP contribution is -2.54. The molecule has 1 atom stereocenters. The molecule has 11 heteroatoms. The topological polar surface area (TPSA) is 83.6 Å². The Hall–Kier alpha value is -1.88. The molecule has 0 bridgehead atoms. The fourth-order valence-electron chi connectivity index (χ4n) is 2.11. The first kappa shape index (κ1) is 20.2. The van der Waals surface area contributed by atoms with Crippen LogP contribution >= 0.6 is 0 Å². The maximum absolute atomic E-state index is 13.5. The summed E-state index contributed by atoms with van der Waals surface area (Å²) < 4.78 is 91.0. The second-order valence-corrected chi connectivity index (χ2v) is 5.09. The molecule has 0 saturated heterocycles. The lowest BCUT2D eigenvalue weighted by molar-refractivity contribution is -0.376. The van der Waals surface area contributed by atoms with Crippen molar-refractivity contribution >= 4 is 5.97 Å². The van der Waals surface area contributed by atoms with Crippen molar-refractivity contribution in [2.75, 3.05) is 0 Å². The number of nitrogens with two attached hydrogens (primary N) is 1. The molecule has 0 saturated carbocycles. The SMILES string of the molecule is Cc1c(CC(N)C(=O)O)cc(F)cc1C(O)(C(F)(F)F)C(F)(F)F. The Morgan fingerprint density at radius 2 is 1.62 bits per heavy atom. The Balaban J connectivity index is 3.64. The number of alkyl halides is 6. The van der Waals surface area contributed by atoms with Crippen molar-refractivity contribution in [3.05, 3.63) is 34.6 Å². The molecule has 0 spiro atoms. The van der Waals surface area contributed by atoms with Gasteiger partial charge in [-0.05, 0) is 36.6 Å². The summed E-state index contributed by atoms with van der Waals surface area (Å²) in [5, 5.41) is 18.0. The monoisotopic (exact) mass is 363 g/mol. The molecule has 0 radical (unpaired) electrons. The molecule has 4 N–H and O–H groups in total. The standard InChI is InChI=1S/C13H12F7NO3/c1-5-6(3-9(21)10(22)23)2-7(14)4-8(5)11(24,12(15,16)17)13(18,19)20/h2,4,9,24H,3,21H2,1H3,(H,22,23). The Labute approximate surface area is 130 Å². The number of aliphatic carboxylic acids is 1. The van der Waals surface area contributed by atoms with E-state index in [1.54, 1.807) is 0 Å². The second kappa shape index (κ2) is 6.20. The van der Waals surface area contributed by atoms with Gasteiger partial charge >= 0.3 is 18.3 Å². The summed E-state index contributed by atoms with van der Waals surface area (Å²) in [6.45, 7) is 0.779. The molecule has 0 fully saturated rings. The Morgan fingerprint density at radius 1 is 1.17 bits per heavy atom. The number of aliphatic hydroxyl groups is 1. The van der Waals surface area contributed by atoms with Crippen molar-refractivity contribution in [3.8, 4) is 0 Å². The third-order valence-electron chi connectivity index (χ3n) is 3.45. The molecule has 0 heterocycles. The van der Waals surface area contributed by atoms with Gasteiger partial charge < -0.3 is 15.9 Å². The van der Waals surface area contributed by atoms with Crippen LogP contribution in [0.4, 0.5) is 30.7 Å². The summed E-state index contributed by atoms with van der Waals surface area (Å²) in [6, 6.07) is -1.20. The minimum atomic E-state index is -6.18. The first-order chi connectivity index (χ1) is 10.6. The molecule has 0 amide bonds. The molecule has 136 valence electrons. The summed E-state index contributed by atoms with van der Waals surface area (Å²) in [5.74, 6) is -3.09. The smallest absolute Gasteiger partial charge is 0.430 e. The van der Waals surface area contributed by atoms with Crippen molar-refractivity contribution in [1.82, 2.24) is 0 Å². The van der Waals surface area contributed by atoms with Crippen molar-refractivity contribution in [3.63, 3.8) is 0 Å². The quantitative estimate of drug-likeness (QED) is 0.718. The maximum atomic E-state index is 13.5. The van der Waals surface area contributed by atoms with Crippen molar-refractivity contribution in [1.29, 1.82) is 0 Å². The highest BCUT2D eigenvalue weighted by Gasteiger charge is 2.72. The number of carboxylic acid groups (broad SMARTS) is 1. The van der Waals surface area contributed by atoms with Crippen LogP contribution in [-0.4, -0.2) is 34.6 Å². The van der Waals surface area contributed by atoms with E-state index in [-0.39, 0.29) is 6.07 Å². The van der Waals surface area contributed by atoms with Crippen LogP contribution in [0.5, 0.6) is 0 Å². The molecule has 0 aliphatic rings. The summed E-state index contributed by atoms with van der Waals surface area (Å²) in [4.78, 5) is 10.7. The molecule has 4 nitrogen and oxygen atoms in total. The fourth-order valence-corrected chi connectivity index (χ4v) is 2.11. The maximum Gasteiger partial charge on any atom is 0.430 e. The summed E-state index contributed by atoms with van der Waals surface area (Å²) in [6.07, 6.45) is -13.1. The average molecular weight is 363 g/mol. The Kier molecular flexibility index (Phi) is 5.21. The fraction of sp³-hybridized carbons (Fsp3) is 0.462. The number of halogens is 7. The number of benzene rings is 1. The highest BCUT2D eigenvalue weighted by atomic mass is 19.4. The van der Waals surface area contributed by atoms with Gasteiger partial charge in [0.25, 0.3) is 5.60 Å². The van der Waals surface area contributed by atoms with Crippen LogP contribution in [0.2, 0.25) is 0 Å². The van der Waals surface area contributed by atoms with Crippen LogP contribution in [0, 0.1) is 12.7 Å². The number of carboxylic acids is 1. The molecule has 0 aromatic heterocycles. The van der Waals surface area contributed by atoms with E-state index in [1.165, 1.54) is 0 Å². The van der Waals surface area contributed by atoms with Crippen LogP contribution in [0.1, 0.15) is 16.7 Å². The Morgan fingerprint density at radius 3 is 2.00 bits per heavy atom. The van der Waals surface area contributed by atoms with Gasteiger partial charge in [0.1, 0.15) is 11.9 Å². The van der Waals surface area contributed by atoms with Gasteiger partial charge in [0, 0.05) is 5.56 Å². The second-order valence-electron chi connectivity index (χ2n) is 5.09. The van der Waals surface area contributed by atoms with Gasteiger partial charge in [-0.15, -0.1) is 0 Å². The number of hydrogen-bond acceptors (Lipinski definition) is 3. The third-order valence-corrected chi connectivity index (χ3v) is 3.45. The average Bonchev–Trinajstić information content (AvgIpc) is 2.38. The van der Waals surface area contributed by atoms with Gasteiger partial charge in [0.05, 0.1) is 0 Å². The van der Waals surface area contributed by atoms with Crippen molar-refractivity contribution in [2.24, 2.45) is 5.73 Å². The molecule has 1 aromatic carbocycles. The molecule has 0 aliphatic heterocycles. The van der Waals surface area contributed by atoms with Crippen LogP contribution in [0.15, 0.2) is 12.1 Å². The summed E-state index contributed by atoms with van der Waals surface area (Å²) in [5.41, 5.74) is -3.16. The molecule has 24 heavy (non-hydrogen) atoms. The highest BCUT2D eigenvalue weighted by Crippen LogP contribution is 2.51. The third kappa shape index (κ3) is 3.46. The van der Waals surface area contributed by atoms with E-state index >= 15 is 0 Å². The number of carbonyl (C=O) groups is 1. The molecule has 1 rings (SSSR count). The lowest BCUT2D eigenvalue weighted by atomic mass is 9.85. The van der Waals surface area contributed by atoms with Crippen LogP contribution in [0.3, 0.4) is 0 Å². The van der Waals surface area contributed by atoms with E-state index in [4.69, 9.17) is 10.8 Å². The van der Waals surface area contributed by atoms with Gasteiger partial charge in [0.2, 0.25) is 0 Å². The van der Waals surface area contributed by atoms with E-state index in [2.05, 4.69) is 0 Å². The van der Waals surface area contributed by atoms with E-state index in [0.29, 0.717) is 6.07 Å². The molecule has 1 unspecified atom stereocenters. The zero-order chi connectivity index (χ0) is 19.1. The predicted molar refractivity (Wildman–Crippen MR) is 66.5 cm³/mol. The minimum absolute atomic E-state index is 0.0912. The van der Waals surface area contributed by atoms with Gasteiger partial charge in [-0.1, -0.05) is 0 Å². The van der Waals surface area contributed by atoms with Gasteiger partial charge in [-0.25, -0.2) is 4.39 Å². The summed E-state index contributed by atoms with van der Waals surface area (Å²) >= 11 is 0. The van der Waals surface area contributed by atoms with E-state index in [0.717, 1.165) is 6.92 Å². The van der Waals surface area contributed by atoms with E-state index < -0.39 is 58.9 Å². The Bertz CT molecular complexity index is 626. The van der Waals surface area contributed by atoms with E-state index in [9.17, 15) is 40.6 Å². The van der Waals surface area contributed by atoms with Crippen LogP contribution in [-0.2, 0) is 16.8 Å². The predicted octanol–water partition coefficient (Wildman–Crippen LogP) is 2.40. The van der Waals surface area contributed by atoms with Crippen molar-refractivity contribution < 1.29 is 45.7 Å². The minimum Gasteiger partial charge on any atom is -0.480 e. The van der Waals surface area contributed by atoms with E-state index in [1.807, 2.05) is 0 Å². The lowest BCUT2D eigenvalue weighted by Gasteiger charge is -2.34. The highest BCUT2D eigenvalue weighted by molar-refractivity contribution is 5.73. The largest absolute Gasteiger partial charge is 0.480 e. The van der Waals surface area contributed by atoms with Gasteiger partial charge in [0.15, 0.2) is 0 Å². The van der Waals surface area contributed by atoms with Gasteiger partial charge in [-0.2, -0.15) is 26.3 Å². The number of hydrogen-bond donors (Lipinski definition) is 3. The molecular formula is C13H12F7NO3. The van der Waals surface area contributed by atoms with Crippen LogP contribution < -0.4 is 5.73 Å². The summed E-state index contributed by atoms with van der Waals surface area (Å²) in [7, 11) is 0. The first-order valence-electron chi connectivity index (χ1n) is 6.26. The first-order valence-corrected chi connectivity index (χ1v) is 6.26. The van der Waals surface area contributed by atoms with Crippen molar-refractivity contribution in [2.45, 2.75) is 37.3 Å². The van der Waals surface area contributed by atoms with Gasteiger partial charge in [-0.3, -0.25) is 4.79 Å². The molecule has 1 aromatic rings. The zero-order valence-electron chi connectivity index (χ0n) is 12.0. The molecular weight excluding hydrogens is 351 g/mol. The number of rotatable bonds is 4. The van der Waals surface area contributed by atoms with Crippen LogP contribution in [0.25, 0.3) is 0 Å². The zero-order valence-corrected chi connectivity index (χ0v) is 12.0.